The summed E-state index contributed by atoms with van der Waals surface area (Å²) in [6.07, 6.45) is -0.189. The van der Waals surface area contributed by atoms with Crippen LogP contribution in [0.3, 0.4) is 0 Å². The van der Waals surface area contributed by atoms with Gasteiger partial charge < -0.3 is 10.1 Å². The van der Waals surface area contributed by atoms with E-state index < -0.39 is 6.09 Å². The molecule has 1 saturated heterocycles. The Balaban J connectivity index is 1.73. The summed E-state index contributed by atoms with van der Waals surface area (Å²) in [5, 5.41) is 12.1. The van der Waals surface area contributed by atoms with Crippen molar-refractivity contribution in [1.82, 2.24) is 14.9 Å². The molecule has 134 valence electrons. The highest BCUT2D eigenvalue weighted by Gasteiger charge is 2.36. The monoisotopic (exact) mass is 433 g/mol. The summed E-state index contributed by atoms with van der Waals surface area (Å²) < 4.78 is 1.03. The number of carbonyl (C=O) groups is 1. The van der Waals surface area contributed by atoms with E-state index in [-0.39, 0.29) is 6.04 Å². The molecule has 26 heavy (non-hydrogen) atoms. The maximum absolute atomic E-state index is 11.5. The van der Waals surface area contributed by atoms with Crippen LogP contribution in [0.4, 0.5) is 4.79 Å². The first-order valence-corrected chi connectivity index (χ1v) is 9.54. The lowest BCUT2D eigenvalue weighted by atomic mass is 10.1. The Morgan fingerprint density at radius 3 is 2.81 bits per heavy atom. The third-order valence-electron chi connectivity index (χ3n) is 4.83. The molecular formula is C19H17BrClN3O2. The Morgan fingerprint density at radius 1 is 1.31 bits per heavy atom. The molecule has 0 bridgehead atoms. The molecule has 0 spiro atoms. The van der Waals surface area contributed by atoms with Crippen molar-refractivity contribution in [1.29, 1.82) is 0 Å². The minimum Gasteiger partial charge on any atom is -0.465 e. The predicted octanol–water partition coefficient (Wildman–Crippen LogP) is 5.71. The van der Waals surface area contributed by atoms with E-state index in [9.17, 15) is 9.90 Å². The van der Waals surface area contributed by atoms with Crippen molar-refractivity contribution in [2.75, 3.05) is 6.54 Å². The summed E-state index contributed by atoms with van der Waals surface area (Å²) in [5.74, 6) is 0.898. The van der Waals surface area contributed by atoms with Crippen LogP contribution in [0.5, 0.6) is 0 Å². The van der Waals surface area contributed by atoms with E-state index in [1.807, 2.05) is 37.3 Å². The van der Waals surface area contributed by atoms with Crippen molar-refractivity contribution in [3.8, 4) is 11.3 Å². The molecule has 1 aromatic heterocycles. The molecule has 3 aromatic rings. The van der Waals surface area contributed by atoms with E-state index in [0.717, 1.165) is 27.2 Å². The smallest absolute Gasteiger partial charge is 0.407 e. The number of carboxylic acid groups (broad SMARTS) is 1. The van der Waals surface area contributed by atoms with Gasteiger partial charge in [0.2, 0.25) is 0 Å². The van der Waals surface area contributed by atoms with Gasteiger partial charge in [-0.1, -0.05) is 52.7 Å². The van der Waals surface area contributed by atoms with Crippen LogP contribution >= 0.6 is 27.5 Å². The lowest BCUT2D eigenvalue weighted by Gasteiger charge is -2.19. The van der Waals surface area contributed by atoms with E-state index >= 15 is 0 Å². The predicted molar refractivity (Wildman–Crippen MR) is 105 cm³/mol. The molecule has 0 saturated carbocycles. The average Bonchev–Trinajstić information content (AvgIpc) is 3.17. The fourth-order valence-electron chi connectivity index (χ4n) is 3.60. The van der Waals surface area contributed by atoms with Gasteiger partial charge in [0, 0.05) is 16.6 Å². The molecule has 1 aliphatic rings. The number of aromatic amines is 1. The Hall–Kier alpha value is -2.05. The number of benzene rings is 2. The number of amides is 1. The first-order chi connectivity index (χ1) is 12.4. The summed E-state index contributed by atoms with van der Waals surface area (Å²) in [7, 11) is 0. The van der Waals surface area contributed by atoms with Crippen molar-refractivity contribution in [3.05, 3.63) is 51.8 Å². The molecule has 2 atom stereocenters. The molecule has 7 heteroatoms. The van der Waals surface area contributed by atoms with Gasteiger partial charge in [-0.25, -0.2) is 9.78 Å². The van der Waals surface area contributed by atoms with Crippen LogP contribution in [0, 0.1) is 5.92 Å². The molecule has 1 amide bonds. The van der Waals surface area contributed by atoms with Crippen LogP contribution in [0.15, 0.2) is 40.9 Å². The first kappa shape index (κ1) is 17.4. The number of halogens is 2. The minimum absolute atomic E-state index is 0.287. The number of H-pyrrole nitrogens is 1. The molecule has 1 fully saturated rings. The number of hydrogen-bond acceptors (Lipinski definition) is 2. The van der Waals surface area contributed by atoms with Gasteiger partial charge in [0.25, 0.3) is 0 Å². The maximum Gasteiger partial charge on any atom is 0.407 e. The summed E-state index contributed by atoms with van der Waals surface area (Å²) in [4.78, 5) is 20.7. The second-order valence-corrected chi connectivity index (χ2v) is 8.08. The van der Waals surface area contributed by atoms with Crippen LogP contribution in [0.25, 0.3) is 22.0 Å². The van der Waals surface area contributed by atoms with Gasteiger partial charge in [-0.2, -0.15) is 0 Å². The maximum atomic E-state index is 11.5. The molecule has 5 nitrogen and oxygen atoms in total. The minimum atomic E-state index is -0.926. The van der Waals surface area contributed by atoms with E-state index in [0.29, 0.717) is 29.1 Å². The van der Waals surface area contributed by atoms with Crippen molar-refractivity contribution in [3.63, 3.8) is 0 Å². The zero-order valence-electron chi connectivity index (χ0n) is 14.0. The summed E-state index contributed by atoms with van der Waals surface area (Å²) >= 11 is 9.89. The molecule has 2 N–H and O–H groups in total. The van der Waals surface area contributed by atoms with Gasteiger partial charge in [-0.3, -0.25) is 4.90 Å². The zero-order chi connectivity index (χ0) is 18.4. The molecule has 4 rings (SSSR count). The highest BCUT2D eigenvalue weighted by atomic mass is 79.9. The Kier molecular flexibility index (Phi) is 4.40. The van der Waals surface area contributed by atoms with Crippen molar-refractivity contribution in [2.24, 2.45) is 5.92 Å². The SMILES string of the molecule is CC1CC(c2nc(-c3ccc4cc(Br)ccc4c3)c(Cl)[nH]2)N(C(=O)O)C1. The van der Waals surface area contributed by atoms with Gasteiger partial charge >= 0.3 is 6.09 Å². The molecule has 2 unspecified atom stereocenters. The number of rotatable bonds is 2. The molecule has 0 radical (unpaired) electrons. The largest absolute Gasteiger partial charge is 0.465 e. The Bertz CT molecular complexity index is 1000. The van der Waals surface area contributed by atoms with Crippen LogP contribution < -0.4 is 0 Å². The van der Waals surface area contributed by atoms with Crippen molar-refractivity contribution >= 4 is 44.4 Å². The number of fused-ring (bicyclic) bond motifs is 1. The Labute approximate surface area is 164 Å². The zero-order valence-corrected chi connectivity index (χ0v) is 16.4. The Morgan fingerprint density at radius 2 is 2.04 bits per heavy atom. The van der Waals surface area contributed by atoms with Crippen LogP contribution in [0.1, 0.15) is 25.2 Å². The van der Waals surface area contributed by atoms with E-state index in [2.05, 4.69) is 32.0 Å². The third kappa shape index (κ3) is 3.08. The highest BCUT2D eigenvalue weighted by molar-refractivity contribution is 9.10. The van der Waals surface area contributed by atoms with Gasteiger partial charge in [0.15, 0.2) is 0 Å². The molecule has 2 heterocycles. The lowest BCUT2D eigenvalue weighted by molar-refractivity contribution is 0.138. The first-order valence-electron chi connectivity index (χ1n) is 8.37. The highest BCUT2D eigenvalue weighted by Crippen LogP contribution is 2.37. The summed E-state index contributed by atoms with van der Waals surface area (Å²) in [6.45, 7) is 2.56. The number of likely N-dealkylation sites (tertiary alicyclic amines) is 1. The van der Waals surface area contributed by atoms with Crippen LogP contribution in [-0.2, 0) is 0 Å². The molecule has 0 aliphatic carbocycles. The molecule has 1 aliphatic heterocycles. The van der Waals surface area contributed by atoms with Crippen LogP contribution in [0.2, 0.25) is 5.15 Å². The normalized spacial score (nSPS) is 20.0. The average molecular weight is 435 g/mol. The lowest BCUT2D eigenvalue weighted by Crippen LogP contribution is -2.29. The number of imidazole rings is 1. The van der Waals surface area contributed by atoms with E-state index in [1.54, 1.807) is 0 Å². The summed E-state index contributed by atoms with van der Waals surface area (Å²) in [6, 6.07) is 11.9. The van der Waals surface area contributed by atoms with Gasteiger partial charge in [-0.05, 0) is 41.3 Å². The summed E-state index contributed by atoms with van der Waals surface area (Å²) in [5.41, 5.74) is 1.55. The fraction of sp³-hybridized carbons (Fsp3) is 0.263. The topological polar surface area (TPSA) is 69.2 Å². The van der Waals surface area contributed by atoms with Gasteiger partial charge in [-0.15, -0.1) is 0 Å². The van der Waals surface area contributed by atoms with E-state index in [4.69, 9.17) is 11.6 Å². The van der Waals surface area contributed by atoms with Crippen molar-refractivity contribution in [2.45, 2.75) is 19.4 Å². The molecular weight excluding hydrogens is 418 g/mol. The molecule has 2 aromatic carbocycles. The van der Waals surface area contributed by atoms with E-state index in [1.165, 1.54) is 4.90 Å². The fourth-order valence-corrected chi connectivity index (χ4v) is 4.23. The number of aromatic nitrogens is 2. The van der Waals surface area contributed by atoms with Gasteiger partial charge in [0.05, 0.1) is 6.04 Å². The van der Waals surface area contributed by atoms with Gasteiger partial charge in [0.1, 0.15) is 16.7 Å². The standard InChI is InChI=1S/C19H17BrClN3O2/c1-10-6-15(24(9-10)19(25)26)18-22-16(17(21)23-18)13-3-2-12-8-14(20)5-4-11(12)7-13/h2-5,7-8,10,15H,6,9H2,1H3,(H,22,23)(H,25,26). The number of nitrogens with zero attached hydrogens (tertiary/aromatic N) is 2. The number of nitrogens with one attached hydrogen (secondary N) is 1. The quantitative estimate of drug-likeness (QED) is 0.543. The third-order valence-corrected chi connectivity index (χ3v) is 5.59. The van der Waals surface area contributed by atoms with Crippen molar-refractivity contribution < 1.29 is 9.90 Å². The second kappa shape index (κ2) is 6.59. The van der Waals surface area contributed by atoms with Crippen LogP contribution in [-0.4, -0.2) is 32.6 Å². The second-order valence-electron chi connectivity index (χ2n) is 6.78. The number of hydrogen-bond donors (Lipinski definition) is 2.